The molecule has 0 heterocycles. The number of amides is 3. The number of carbonyl (C=O) groups is 4. The number of alkyl carbamates (subject to hydrolysis) is 1. The van der Waals surface area contributed by atoms with Crippen molar-refractivity contribution < 1.29 is 28.7 Å². The van der Waals surface area contributed by atoms with Crippen molar-refractivity contribution in [2.75, 3.05) is 26.0 Å². The number of aryl methyl sites for hydroxylation is 2. The highest BCUT2D eigenvalue weighted by atomic mass is 32.1. The van der Waals surface area contributed by atoms with Crippen LogP contribution in [0.4, 0.5) is 4.79 Å². The van der Waals surface area contributed by atoms with Crippen molar-refractivity contribution >= 4 is 36.5 Å². The molecule has 0 spiro atoms. The Balaban J connectivity index is 3.39. The van der Waals surface area contributed by atoms with E-state index in [9.17, 15) is 19.2 Å². The third-order valence-corrected chi connectivity index (χ3v) is 5.21. The largest absolute Gasteiger partial charge is 0.468 e. The summed E-state index contributed by atoms with van der Waals surface area (Å²) in [6.45, 7) is 10.7. The van der Waals surface area contributed by atoms with Gasteiger partial charge in [-0.1, -0.05) is 30.7 Å². The van der Waals surface area contributed by atoms with Crippen molar-refractivity contribution in [3.05, 3.63) is 34.9 Å². The fourth-order valence-electron chi connectivity index (χ4n) is 3.28. The summed E-state index contributed by atoms with van der Waals surface area (Å²) in [5, 5.41) is 5.12. The molecular weight excluding hydrogens is 458 g/mol. The first kappa shape index (κ1) is 29.3. The smallest absolute Gasteiger partial charge is 0.408 e. The molecule has 9 nitrogen and oxygen atoms in total. The number of hydrogen-bond acceptors (Lipinski definition) is 7. The Kier molecular flexibility index (Phi) is 11.4. The standard InChI is InChI=1S/C24H37N3O6S/c1-8-11-27(22(30)18(14-34)26-23(31)33-24(4,5)6)20(21(29)25-13-19(28)32-7)17-12-15(2)9-10-16(17)3/h9-10,12,18,20,34H,8,11,13-14H2,1-7H3,(H,25,29)(H,26,31). The maximum absolute atomic E-state index is 13.6. The lowest BCUT2D eigenvalue weighted by Gasteiger charge is -2.34. The van der Waals surface area contributed by atoms with E-state index in [0.29, 0.717) is 12.0 Å². The molecule has 0 bridgehead atoms. The average molecular weight is 496 g/mol. The van der Waals surface area contributed by atoms with E-state index in [1.165, 1.54) is 12.0 Å². The van der Waals surface area contributed by atoms with Gasteiger partial charge in [-0.15, -0.1) is 0 Å². The van der Waals surface area contributed by atoms with Crippen LogP contribution in [0.25, 0.3) is 0 Å². The summed E-state index contributed by atoms with van der Waals surface area (Å²) < 4.78 is 9.90. The van der Waals surface area contributed by atoms with Gasteiger partial charge in [-0.25, -0.2) is 4.79 Å². The third kappa shape index (κ3) is 8.89. The SMILES string of the molecule is CCCN(C(=O)C(CS)NC(=O)OC(C)(C)C)C(C(=O)NCC(=O)OC)c1cc(C)ccc1C. The molecule has 10 heteroatoms. The number of benzene rings is 1. The van der Waals surface area contributed by atoms with Crippen LogP contribution in [0, 0.1) is 13.8 Å². The minimum atomic E-state index is -1.03. The van der Waals surface area contributed by atoms with E-state index in [1.807, 2.05) is 39.0 Å². The number of nitrogens with zero attached hydrogens (tertiary/aromatic N) is 1. The van der Waals surface area contributed by atoms with Crippen molar-refractivity contribution in [3.8, 4) is 0 Å². The van der Waals surface area contributed by atoms with E-state index in [0.717, 1.165) is 11.1 Å². The molecule has 34 heavy (non-hydrogen) atoms. The summed E-state index contributed by atoms with van der Waals surface area (Å²) in [5.41, 5.74) is 1.60. The van der Waals surface area contributed by atoms with Crippen LogP contribution in [-0.4, -0.2) is 66.4 Å². The number of thiol groups is 1. The number of nitrogens with one attached hydrogen (secondary N) is 2. The highest BCUT2D eigenvalue weighted by molar-refractivity contribution is 7.80. The van der Waals surface area contributed by atoms with E-state index in [1.54, 1.807) is 20.8 Å². The second-order valence-electron chi connectivity index (χ2n) is 8.97. The van der Waals surface area contributed by atoms with E-state index in [2.05, 4.69) is 28.0 Å². The molecule has 0 saturated heterocycles. The Hall–Kier alpha value is -2.75. The molecule has 0 radical (unpaired) electrons. The van der Waals surface area contributed by atoms with Crippen LogP contribution in [0.15, 0.2) is 18.2 Å². The van der Waals surface area contributed by atoms with Crippen molar-refractivity contribution in [1.82, 2.24) is 15.5 Å². The maximum Gasteiger partial charge on any atom is 0.408 e. The number of ether oxygens (including phenoxy) is 2. The predicted octanol–water partition coefficient (Wildman–Crippen LogP) is 2.70. The van der Waals surface area contributed by atoms with E-state index in [4.69, 9.17) is 4.74 Å². The molecule has 0 saturated carbocycles. The van der Waals surface area contributed by atoms with Crippen LogP contribution in [0.1, 0.15) is 56.8 Å². The maximum atomic E-state index is 13.6. The Morgan fingerprint density at radius 2 is 1.79 bits per heavy atom. The topological polar surface area (TPSA) is 114 Å². The van der Waals surface area contributed by atoms with Crippen LogP contribution >= 0.6 is 12.6 Å². The summed E-state index contributed by atoms with van der Waals surface area (Å²) in [5.74, 6) is -1.62. The van der Waals surface area contributed by atoms with Gasteiger partial charge in [-0.2, -0.15) is 12.6 Å². The Bertz CT molecular complexity index is 884. The molecule has 1 aromatic carbocycles. The van der Waals surface area contributed by atoms with Gasteiger partial charge in [0.1, 0.15) is 24.2 Å². The zero-order valence-corrected chi connectivity index (χ0v) is 22.0. The lowest BCUT2D eigenvalue weighted by atomic mass is 9.96. The van der Waals surface area contributed by atoms with Gasteiger partial charge in [0, 0.05) is 12.3 Å². The molecule has 3 amide bonds. The van der Waals surface area contributed by atoms with Crippen molar-refractivity contribution in [2.24, 2.45) is 0 Å². The average Bonchev–Trinajstić information content (AvgIpc) is 2.75. The number of carbonyl (C=O) groups excluding carboxylic acids is 4. The van der Waals surface area contributed by atoms with E-state index in [-0.39, 0.29) is 18.8 Å². The first-order valence-electron chi connectivity index (χ1n) is 11.2. The van der Waals surface area contributed by atoms with Crippen LogP contribution < -0.4 is 10.6 Å². The summed E-state index contributed by atoms with van der Waals surface area (Å²) >= 11 is 4.25. The molecule has 0 aliphatic carbocycles. The van der Waals surface area contributed by atoms with E-state index < -0.39 is 41.6 Å². The molecule has 0 aromatic heterocycles. The summed E-state index contributed by atoms with van der Waals surface area (Å²) in [6, 6.07) is 3.57. The first-order valence-corrected chi connectivity index (χ1v) is 11.8. The summed E-state index contributed by atoms with van der Waals surface area (Å²) in [7, 11) is 1.23. The fourth-order valence-corrected chi connectivity index (χ4v) is 3.52. The minimum absolute atomic E-state index is 0.00158. The normalized spacial score (nSPS) is 12.8. The van der Waals surface area contributed by atoms with Gasteiger partial charge in [0.25, 0.3) is 0 Å². The van der Waals surface area contributed by atoms with Crippen LogP contribution in [0.3, 0.4) is 0 Å². The number of hydrogen-bond donors (Lipinski definition) is 3. The Labute approximate surface area is 207 Å². The van der Waals surface area contributed by atoms with Gasteiger partial charge in [0.15, 0.2) is 0 Å². The zero-order valence-electron chi connectivity index (χ0n) is 21.1. The van der Waals surface area contributed by atoms with Gasteiger partial charge in [0.2, 0.25) is 11.8 Å². The van der Waals surface area contributed by atoms with Crippen molar-refractivity contribution in [1.29, 1.82) is 0 Å². The lowest BCUT2D eigenvalue weighted by Crippen LogP contribution is -2.54. The fraction of sp³-hybridized carbons (Fsp3) is 0.583. The predicted molar refractivity (Wildman–Crippen MR) is 133 cm³/mol. The van der Waals surface area contributed by atoms with Gasteiger partial charge < -0.3 is 25.0 Å². The number of methoxy groups -OCH3 is 1. The summed E-state index contributed by atoms with van der Waals surface area (Å²) in [6.07, 6.45) is -0.196. The summed E-state index contributed by atoms with van der Waals surface area (Å²) in [4.78, 5) is 52.3. The van der Waals surface area contributed by atoms with Gasteiger partial charge >= 0.3 is 12.1 Å². The molecular formula is C24H37N3O6S. The highest BCUT2D eigenvalue weighted by Crippen LogP contribution is 2.27. The zero-order chi connectivity index (χ0) is 26.1. The van der Waals surface area contributed by atoms with Gasteiger partial charge in [-0.05, 0) is 52.2 Å². The molecule has 0 aliphatic heterocycles. The Morgan fingerprint density at radius 1 is 1.15 bits per heavy atom. The molecule has 0 fully saturated rings. The van der Waals surface area contributed by atoms with Gasteiger partial charge in [-0.3, -0.25) is 14.4 Å². The molecule has 1 rings (SSSR count). The minimum Gasteiger partial charge on any atom is -0.468 e. The van der Waals surface area contributed by atoms with Crippen molar-refractivity contribution in [2.45, 2.75) is 65.6 Å². The van der Waals surface area contributed by atoms with Crippen LogP contribution in [-0.2, 0) is 23.9 Å². The Morgan fingerprint density at radius 3 is 2.32 bits per heavy atom. The van der Waals surface area contributed by atoms with Crippen LogP contribution in [0.2, 0.25) is 0 Å². The molecule has 2 N–H and O–H groups in total. The molecule has 2 atom stereocenters. The second kappa shape index (κ2) is 13.2. The first-order chi connectivity index (χ1) is 15.8. The quantitative estimate of drug-likeness (QED) is 0.340. The molecule has 190 valence electrons. The van der Waals surface area contributed by atoms with E-state index >= 15 is 0 Å². The lowest BCUT2D eigenvalue weighted by molar-refractivity contribution is -0.144. The number of esters is 1. The van der Waals surface area contributed by atoms with Gasteiger partial charge in [0.05, 0.1) is 7.11 Å². The molecule has 0 aliphatic rings. The monoisotopic (exact) mass is 495 g/mol. The number of rotatable bonds is 10. The highest BCUT2D eigenvalue weighted by Gasteiger charge is 2.36. The van der Waals surface area contributed by atoms with Crippen LogP contribution in [0.5, 0.6) is 0 Å². The van der Waals surface area contributed by atoms with Crippen molar-refractivity contribution in [3.63, 3.8) is 0 Å². The third-order valence-electron chi connectivity index (χ3n) is 4.84. The molecule has 1 aromatic rings. The molecule has 2 unspecified atom stereocenters. The second-order valence-corrected chi connectivity index (χ2v) is 9.33.